The Bertz CT molecular complexity index is 607. The summed E-state index contributed by atoms with van der Waals surface area (Å²) >= 11 is 0. The fourth-order valence-corrected chi connectivity index (χ4v) is 4.81. The predicted molar refractivity (Wildman–Crippen MR) is 72.1 cm³/mol. The van der Waals surface area contributed by atoms with Crippen molar-refractivity contribution in [3.05, 3.63) is 24.1 Å². The molecule has 2 aliphatic heterocycles. The van der Waals surface area contributed by atoms with Crippen LogP contribution in [0, 0.1) is 5.82 Å². The molecule has 2 atom stereocenters. The maximum absolute atomic E-state index is 13.8. The lowest BCUT2D eigenvalue weighted by Gasteiger charge is -2.41. The molecule has 0 bridgehead atoms. The summed E-state index contributed by atoms with van der Waals surface area (Å²) in [5.41, 5.74) is 0. The molecule has 3 rings (SSSR count). The highest BCUT2D eigenvalue weighted by Crippen LogP contribution is 2.28. The molecule has 20 heavy (non-hydrogen) atoms. The van der Waals surface area contributed by atoms with Crippen molar-refractivity contribution in [1.29, 1.82) is 0 Å². The average Bonchev–Trinajstić information content (AvgIpc) is 2.85. The molecule has 0 amide bonds. The molecule has 2 fully saturated rings. The summed E-state index contributed by atoms with van der Waals surface area (Å²) in [6.45, 7) is 4.03. The van der Waals surface area contributed by atoms with Gasteiger partial charge in [-0.2, -0.15) is 4.31 Å². The van der Waals surface area contributed by atoms with E-state index in [-0.39, 0.29) is 12.1 Å². The molecule has 0 saturated carbocycles. The Hall–Kier alpha value is -1.05. The van der Waals surface area contributed by atoms with E-state index in [1.54, 1.807) is 0 Å². The van der Waals surface area contributed by atoms with E-state index in [1.165, 1.54) is 16.6 Å². The number of sulfonamides is 1. The maximum Gasteiger partial charge on any atom is 0.263 e. The molecule has 2 aliphatic rings. The van der Waals surface area contributed by atoms with Crippen LogP contribution in [0.3, 0.4) is 0 Å². The molecule has 2 unspecified atom stereocenters. The second kappa shape index (κ2) is 5.05. The number of halogens is 1. The van der Waals surface area contributed by atoms with Crippen molar-refractivity contribution in [2.45, 2.75) is 36.9 Å². The standard InChI is InChI=1S/C13H18FN3O2S/c1-10-8-16-7-3-4-11(16)9-17(10)20(18,19)13-12(14)5-2-6-15-13/h2,5-6,10-11H,3-4,7-9H2,1H3. The van der Waals surface area contributed by atoms with Gasteiger partial charge in [0, 0.05) is 31.4 Å². The monoisotopic (exact) mass is 299 g/mol. The molecule has 5 nitrogen and oxygen atoms in total. The number of nitrogens with zero attached hydrogens (tertiary/aromatic N) is 3. The van der Waals surface area contributed by atoms with E-state index in [0.717, 1.165) is 25.5 Å². The Morgan fingerprint density at radius 2 is 2.20 bits per heavy atom. The Morgan fingerprint density at radius 3 is 2.95 bits per heavy atom. The molecule has 2 saturated heterocycles. The first kappa shape index (κ1) is 13.9. The molecular weight excluding hydrogens is 281 g/mol. The highest BCUT2D eigenvalue weighted by Gasteiger charge is 2.41. The van der Waals surface area contributed by atoms with Gasteiger partial charge in [-0.3, -0.25) is 4.90 Å². The van der Waals surface area contributed by atoms with Crippen molar-refractivity contribution in [1.82, 2.24) is 14.2 Å². The first-order chi connectivity index (χ1) is 9.50. The minimum Gasteiger partial charge on any atom is -0.297 e. The molecule has 0 aliphatic carbocycles. The number of rotatable bonds is 2. The summed E-state index contributed by atoms with van der Waals surface area (Å²) in [7, 11) is -3.86. The van der Waals surface area contributed by atoms with Crippen LogP contribution in [0.25, 0.3) is 0 Å². The molecular formula is C13H18FN3O2S. The number of piperazine rings is 1. The molecule has 7 heteroatoms. The number of hydrogen-bond donors (Lipinski definition) is 0. The predicted octanol–water partition coefficient (Wildman–Crippen LogP) is 1.08. The van der Waals surface area contributed by atoms with Crippen LogP contribution >= 0.6 is 0 Å². The summed E-state index contributed by atoms with van der Waals surface area (Å²) in [6.07, 6.45) is 3.42. The zero-order chi connectivity index (χ0) is 14.3. The van der Waals surface area contributed by atoms with Crippen LogP contribution in [0.1, 0.15) is 19.8 Å². The summed E-state index contributed by atoms with van der Waals surface area (Å²) < 4.78 is 40.4. The first-order valence-electron chi connectivity index (χ1n) is 6.86. The fraction of sp³-hybridized carbons (Fsp3) is 0.615. The van der Waals surface area contributed by atoms with Gasteiger partial charge in [0.15, 0.2) is 5.82 Å². The highest BCUT2D eigenvalue weighted by molar-refractivity contribution is 7.89. The van der Waals surface area contributed by atoms with Crippen LogP contribution in [-0.4, -0.2) is 54.3 Å². The van der Waals surface area contributed by atoms with Gasteiger partial charge in [0.2, 0.25) is 5.03 Å². The van der Waals surface area contributed by atoms with E-state index < -0.39 is 20.9 Å². The van der Waals surface area contributed by atoms with Crippen molar-refractivity contribution in [2.75, 3.05) is 19.6 Å². The van der Waals surface area contributed by atoms with E-state index in [9.17, 15) is 12.8 Å². The Labute approximate surface area is 118 Å². The second-order valence-electron chi connectivity index (χ2n) is 5.51. The molecule has 0 spiro atoms. The van der Waals surface area contributed by atoms with Crippen molar-refractivity contribution >= 4 is 10.0 Å². The maximum atomic E-state index is 13.8. The topological polar surface area (TPSA) is 53.5 Å². The van der Waals surface area contributed by atoms with E-state index in [4.69, 9.17) is 0 Å². The van der Waals surface area contributed by atoms with Crippen LogP contribution < -0.4 is 0 Å². The summed E-state index contributed by atoms with van der Waals surface area (Å²) in [4.78, 5) is 6.05. The molecule has 0 radical (unpaired) electrons. The molecule has 0 N–H and O–H groups in total. The third kappa shape index (κ3) is 2.23. The van der Waals surface area contributed by atoms with E-state index in [2.05, 4.69) is 9.88 Å². The van der Waals surface area contributed by atoms with Crippen molar-refractivity contribution in [3.8, 4) is 0 Å². The molecule has 1 aromatic rings. The van der Waals surface area contributed by atoms with Gasteiger partial charge < -0.3 is 0 Å². The van der Waals surface area contributed by atoms with Gasteiger partial charge in [0.25, 0.3) is 10.0 Å². The Morgan fingerprint density at radius 1 is 1.40 bits per heavy atom. The normalized spacial score (nSPS) is 28.5. The number of pyridine rings is 1. The summed E-state index contributed by atoms with van der Waals surface area (Å²) in [5.74, 6) is -0.784. The van der Waals surface area contributed by atoms with Crippen molar-refractivity contribution in [3.63, 3.8) is 0 Å². The minimum atomic E-state index is -3.86. The summed E-state index contributed by atoms with van der Waals surface area (Å²) in [6, 6.07) is 2.63. The van der Waals surface area contributed by atoms with Crippen LogP contribution in [0.5, 0.6) is 0 Å². The average molecular weight is 299 g/mol. The third-order valence-corrected chi connectivity index (χ3v) is 6.07. The molecule has 1 aromatic heterocycles. The number of fused-ring (bicyclic) bond motifs is 1. The zero-order valence-corrected chi connectivity index (χ0v) is 12.2. The van der Waals surface area contributed by atoms with Gasteiger partial charge in [0.1, 0.15) is 0 Å². The van der Waals surface area contributed by atoms with Crippen molar-refractivity contribution < 1.29 is 12.8 Å². The molecule has 110 valence electrons. The van der Waals surface area contributed by atoms with Gasteiger partial charge >= 0.3 is 0 Å². The van der Waals surface area contributed by atoms with Gasteiger partial charge in [0.05, 0.1) is 0 Å². The number of aromatic nitrogens is 1. The van der Waals surface area contributed by atoms with E-state index in [1.807, 2.05) is 6.92 Å². The number of hydrogen-bond acceptors (Lipinski definition) is 4. The van der Waals surface area contributed by atoms with Gasteiger partial charge in [-0.15, -0.1) is 0 Å². The summed E-state index contributed by atoms with van der Waals surface area (Å²) in [5, 5.41) is -0.460. The largest absolute Gasteiger partial charge is 0.297 e. The van der Waals surface area contributed by atoms with Gasteiger partial charge in [-0.1, -0.05) is 0 Å². The van der Waals surface area contributed by atoms with E-state index >= 15 is 0 Å². The first-order valence-corrected chi connectivity index (χ1v) is 8.30. The van der Waals surface area contributed by atoms with Gasteiger partial charge in [-0.05, 0) is 38.4 Å². The third-order valence-electron chi connectivity index (χ3n) is 4.16. The minimum absolute atomic E-state index is 0.157. The Kier molecular flexibility index (Phi) is 3.51. The lowest BCUT2D eigenvalue weighted by molar-refractivity contribution is 0.116. The lowest BCUT2D eigenvalue weighted by atomic mass is 10.1. The van der Waals surface area contributed by atoms with Gasteiger partial charge in [-0.25, -0.2) is 17.8 Å². The molecule has 3 heterocycles. The van der Waals surface area contributed by atoms with Crippen LogP contribution in [0.2, 0.25) is 0 Å². The smallest absolute Gasteiger partial charge is 0.263 e. The highest BCUT2D eigenvalue weighted by atomic mass is 32.2. The quantitative estimate of drug-likeness (QED) is 0.820. The lowest BCUT2D eigenvalue weighted by Crippen LogP contribution is -2.56. The SMILES string of the molecule is CC1CN2CCCC2CN1S(=O)(=O)c1ncccc1F. The fourth-order valence-electron chi connectivity index (χ4n) is 3.17. The van der Waals surface area contributed by atoms with Crippen molar-refractivity contribution in [2.24, 2.45) is 0 Å². The van der Waals surface area contributed by atoms with Crippen LogP contribution in [0.4, 0.5) is 4.39 Å². The molecule has 0 aromatic carbocycles. The second-order valence-corrected chi connectivity index (χ2v) is 7.31. The zero-order valence-electron chi connectivity index (χ0n) is 11.4. The van der Waals surface area contributed by atoms with Crippen LogP contribution in [-0.2, 0) is 10.0 Å². The van der Waals surface area contributed by atoms with Crippen LogP contribution in [0.15, 0.2) is 23.4 Å². The van der Waals surface area contributed by atoms with E-state index in [0.29, 0.717) is 13.1 Å². The Balaban J connectivity index is 1.93.